The molecule has 1 aliphatic rings. The second kappa shape index (κ2) is 13.1. The van der Waals surface area contributed by atoms with Crippen LogP contribution in [0.25, 0.3) is 17.1 Å². The quantitative estimate of drug-likeness (QED) is 0.143. The molecule has 0 saturated heterocycles. The number of pyridine rings is 1. The predicted molar refractivity (Wildman–Crippen MR) is 144 cm³/mol. The number of likely N-dealkylation sites (N-methyl/N-ethyl adjacent to an activating group) is 1. The number of ether oxygens (including phenoxy) is 2. The minimum Gasteiger partial charge on any atom is -0.483 e. The normalized spacial score (nSPS) is 13.8. The maximum atomic E-state index is 13.2. The van der Waals surface area contributed by atoms with Crippen LogP contribution in [0.2, 0.25) is 0 Å². The molecule has 0 fully saturated rings. The van der Waals surface area contributed by atoms with Crippen LogP contribution in [-0.2, 0) is 23.9 Å². The molecule has 0 bridgehead atoms. The Hall–Kier alpha value is -4.64. The lowest BCUT2D eigenvalue weighted by atomic mass is 10.1. The summed E-state index contributed by atoms with van der Waals surface area (Å²) in [6.45, 7) is 5.24. The highest BCUT2D eigenvalue weighted by atomic mass is 16.5. The van der Waals surface area contributed by atoms with Crippen molar-refractivity contribution in [2.45, 2.75) is 13.8 Å². The van der Waals surface area contributed by atoms with Crippen molar-refractivity contribution < 1.29 is 29.0 Å². The van der Waals surface area contributed by atoms with Gasteiger partial charge in [0.25, 0.3) is 6.47 Å². The number of H-pyrrole nitrogens is 1. The van der Waals surface area contributed by atoms with E-state index in [0.717, 1.165) is 35.3 Å². The van der Waals surface area contributed by atoms with E-state index in [4.69, 9.17) is 19.4 Å². The van der Waals surface area contributed by atoms with E-state index in [1.807, 2.05) is 51.4 Å². The smallest absolute Gasteiger partial charge is 0.347 e. The molecule has 3 heterocycles. The number of carboxylic acid groups (broad SMARTS) is 1. The van der Waals surface area contributed by atoms with Gasteiger partial charge in [0.05, 0.1) is 6.61 Å². The van der Waals surface area contributed by atoms with Crippen LogP contribution in [0.1, 0.15) is 18.1 Å². The van der Waals surface area contributed by atoms with Gasteiger partial charge >= 0.3 is 5.97 Å². The van der Waals surface area contributed by atoms with Gasteiger partial charge in [-0.25, -0.2) is 9.78 Å². The Morgan fingerprint density at radius 2 is 2.05 bits per heavy atom. The fourth-order valence-corrected chi connectivity index (χ4v) is 3.70. The number of ketones is 1. The molecule has 200 valence electrons. The van der Waals surface area contributed by atoms with E-state index in [2.05, 4.69) is 25.5 Å². The molecule has 4 N–H and O–H groups in total. The highest BCUT2D eigenvalue weighted by molar-refractivity contribution is 6.26. The topological polar surface area (TPSA) is 146 Å². The number of hydrogen-bond donors (Lipinski definition) is 4. The number of carbonyl (C=O) groups is 3. The van der Waals surface area contributed by atoms with Gasteiger partial charge in [-0.15, -0.1) is 0 Å². The number of aryl methyl sites for hydroxylation is 1. The van der Waals surface area contributed by atoms with E-state index in [0.29, 0.717) is 11.3 Å². The first kappa shape index (κ1) is 27.9. The molecule has 0 saturated carbocycles. The van der Waals surface area contributed by atoms with Gasteiger partial charge < -0.3 is 35.1 Å². The first-order chi connectivity index (χ1) is 18.3. The number of Topliss-reactive ketones (excluding diaryl/α,β-unsaturated/α-hetero) is 1. The maximum Gasteiger partial charge on any atom is 0.347 e. The van der Waals surface area contributed by atoms with Gasteiger partial charge in [-0.05, 0) is 69.9 Å². The largest absolute Gasteiger partial charge is 0.483 e. The van der Waals surface area contributed by atoms with Crippen molar-refractivity contribution in [3.05, 3.63) is 71.1 Å². The van der Waals surface area contributed by atoms with E-state index in [1.54, 1.807) is 25.4 Å². The Morgan fingerprint density at radius 3 is 2.74 bits per heavy atom. The van der Waals surface area contributed by atoms with Crippen molar-refractivity contribution in [3.8, 4) is 0 Å². The van der Waals surface area contributed by atoms with Gasteiger partial charge in [0.1, 0.15) is 5.65 Å². The fraction of sp³-hybridized carbons (Fsp3) is 0.259. The van der Waals surface area contributed by atoms with Crippen LogP contribution in [0.3, 0.4) is 0 Å². The number of rotatable bonds is 9. The minimum atomic E-state index is -0.733. The van der Waals surface area contributed by atoms with Crippen molar-refractivity contribution in [2.75, 3.05) is 44.4 Å². The summed E-state index contributed by atoms with van der Waals surface area (Å²) in [5.41, 5.74) is 3.87. The second-order valence-electron chi connectivity index (χ2n) is 8.50. The molecule has 4 rings (SSSR count). The summed E-state index contributed by atoms with van der Waals surface area (Å²) in [5, 5.41) is 14.2. The van der Waals surface area contributed by atoms with Crippen LogP contribution in [0, 0.1) is 6.92 Å². The Balaban J connectivity index is 0.00000127. The first-order valence-corrected chi connectivity index (χ1v) is 11.9. The molecule has 0 radical (unpaired) electrons. The summed E-state index contributed by atoms with van der Waals surface area (Å²) in [7, 11) is 4.05. The fourth-order valence-electron chi connectivity index (χ4n) is 3.70. The molecule has 0 aliphatic carbocycles. The zero-order valence-corrected chi connectivity index (χ0v) is 21.7. The Bertz CT molecular complexity index is 1380. The zero-order chi connectivity index (χ0) is 27.7. The van der Waals surface area contributed by atoms with Crippen molar-refractivity contribution in [1.82, 2.24) is 14.9 Å². The molecule has 38 heavy (non-hydrogen) atoms. The van der Waals surface area contributed by atoms with E-state index in [9.17, 15) is 9.59 Å². The van der Waals surface area contributed by atoms with Crippen LogP contribution in [0.5, 0.6) is 0 Å². The SMILES string of the molecule is CCOC(=O)C1=C(Nc2ccc(NCCN(C)C)cc2C)OC(=Cc2c[nH]c3ncccc23)C1=O.O=CO. The van der Waals surface area contributed by atoms with Gasteiger partial charge in [0.2, 0.25) is 11.7 Å². The number of nitrogens with zero attached hydrogens (tertiary/aromatic N) is 2. The molecule has 0 amide bonds. The number of hydrogen-bond acceptors (Lipinski definition) is 9. The third-order valence-electron chi connectivity index (χ3n) is 5.50. The number of aromatic amines is 1. The van der Waals surface area contributed by atoms with Crippen molar-refractivity contribution >= 4 is 46.7 Å². The molecule has 11 heteroatoms. The Labute approximate surface area is 220 Å². The predicted octanol–water partition coefficient (Wildman–Crippen LogP) is 3.37. The van der Waals surface area contributed by atoms with Crippen LogP contribution in [0.4, 0.5) is 11.4 Å². The third kappa shape index (κ3) is 6.77. The molecule has 11 nitrogen and oxygen atoms in total. The number of esters is 1. The summed E-state index contributed by atoms with van der Waals surface area (Å²) in [5.74, 6) is -1.19. The van der Waals surface area contributed by atoms with Gasteiger partial charge in [0, 0.05) is 47.8 Å². The van der Waals surface area contributed by atoms with E-state index in [-0.39, 0.29) is 30.3 Å². The van der Waals surface area contributed by atoms with E-state index in [1.165, 1.54) is 0 Å². The number of carbonyl (C=O) groups excluding carboxylic acids is 2. The van der Waals surface area contributed by atoms with Crippen LogP contribution < -0.4 is 10.6 Å². The molecular weight excluding hydrogens is 490 g/mol. The van der Waals surface area contributed by atoms with Gasteiger partial charge in [0.15, 0.2) is 11.3 Å². The van der Waals surface area contributed by atoms with Crippen LogP contribution in [-0.4, -0.2) is 72.0 Å². The van der Waals surface area contributed by atoms with Gasteiger partial charge in [-0.3, -0.25) is 9.59 Å². The maximum absolute atomic E-state index is 13.2. The van der Waals surface area contributed by atoms with Crippen molar-refractivity contribution in [2.24, 2.45) is 0 Å². The molecule has 1 aliphatic heterocycles. The zero-order valence-electron chi connectivity index (χ0n) is 21.7. The van der Waals surface area contributed by atoms with Gasteiger partial charge in [-0.1, -0.05) is 0 Å². The molecular formula is C27H31N5O6. The summed E-state index contributed by atoms with van der Waals surface area (Å²) in [6.07, 6.45) is 5.02. The number of anilines is 2. The highest BCUT2D eigenvalue weighted by Crippen LogP contribution is 2.31. The summed E-state index contributed by atoms with van der Waals surface area (Å²) in [6, 6.07) is 9.51. The Kier molecular flexibility index (Phi) is 9.60. The second-order valence-corrected chi connectivity index (χ2v) is 8.50. The molecule has 1 aromatic carbocycles. The average Bonchev–Trinajstić information content (AvgIpc) is 3.42. The Morgan fingerprint density at radius 1 is 1.29 bits per heavy atom. The molecule has 0 unspecified atom stereocenters. The number of allylic oxidation sites excluding steroid dienone is 1. The molecule has 0 spiro atoms. The standard InChI is InChI=1S/C26H29N5O4.CH2O2/c1-5-34-26(33)22-23(32)21(14-17-15-29-24-19(17)7-6-10-28-24)35-25(22)30-20-9-8-18(13-16(20)2)27-11-12-31(3)4;2-1-3/h6-10,13-15,27,30H,5,11-12H2,1-4H3,(H,28,29);1H,(H,2,3). The highest BCUT2D eigenvalue weighted by Gasteiger charge is 2.37. The molecule has 0 atom stereocenters. The van der Waals surface area contributed by atoms with E-state index >= 15 is 0 Å². The van der Waals surface area contributed by atoms with Crippen LogP contribution in [0.15, 0.2) is 59.9 Å². The van der Waals surface area contributed by atoms with Crippen molar-refractivity contribution in [3.63, 3.8) is 0 Å². The minimum absolute atomic E-state index is 0.0277. The first-order valence-electron chi connectivity index (χ1n) is 11.9. The number of benzene rings is 1. The number of nitrogens with one attached hydrogen (secondary N) is 3. The molecule has 2 aromatic heterocycles. The van der Waals surface area contributed by atoms with Crippen LogP contribution >= 0.6 is 0 Å². The number of aromatic nitrogens is 2. The molecule has 3 aromatic rings. The van der Waals surface area contributed by atoms with Crippen molar-refractivity contribution in [1.29, 1.82) is 0 Å². The monoisotopic (exact) mass is 521 g/mol. The lowest BCUT2D eigenvalue weighted by molar-refractivity contribution is -0.139. The third-order valence-corrected chi connectivity index (χ3v) is 5.50. The lowest BCUT2D eigenvalue weighted by Gasteiger charge is -2.15. The summed E-state index contributed by atoms with van der Waals surface area (Å²) < 4.78 is 11.0. The van der Waals surface area contributed by atoms with Gasteiger partial charge in [-0.2, -0.15) is 0 Å². The van der Waals surface area contributed by atoms with E-state index < -0.39 is 11.8 Å². The summed E-state index contributed by atoms with van der Waals surface area (Å²) in [4.78, 5) is 43.6. The summed E-state index contributed by atoms with van der Waals surface area (Å²) >= 11 is 0. The average molecular weight is 522 g/mol. The lowest BCUT2D eigenvalue weighted by Crippen LogP contribution is -2.20. The number of fused-ring (bicyclic) bond motifs is 1.